The van der Waals surface area contributed by atoms with Crippen LogP contribution in [0.2, 0.25) is 0 Å². The van der Waals surface area contributed by atoms with E-state index in [0.717, 1.165) is 0 Å². The number of aliphatic hydroxyl groups excluding tert-OH is 2. The van der Waals surface area contributed by atoms with Crippen LogP contribution in [0.25, 0.3) is 0 Å². The second-order valence-electron chi connectivity index (χ2n) is 2.32. The first-order chi connectivity index (χ1) is 4.18. The molecule has 1 aliphatic heterocycles. The van der Waals surface area contributed by atoms with E-state index in [2.05, 4.69) is 0 Å². The Morgan fingerprint density at radius 2 is 1.67 bits per heavy atom. The number of hydrogen-bond acceptors (Lipinski definition) is 3. The summed E-state index contributed by atoms with van der Waals surface area (Å²) < 4.78 is 10.7. The molecule has 0 aromatic heterocycles. The predicted octanol–water partition coefficient (Wildman–Crippen LogP) is -1.14. The summed E-state index contributed by atoms with van der Waals surface area (Å²) >= 11 is 0. The fraction of sp³-hybridized carbons (Fsp3) is 1.00. The molecule has 1 fully saturated rings. The Kier molecular flexibility index (Phi) is 2.21. The summed E-state index contributed by atoms with van der Waals surface area (Å²) in [5.74, 6) is 0.661. The van der Waals surface area contributed by atoms with E-state index in [1.54, 1.807) is 0 Å². The van der Waals surface area contributed by atoms with Gasteiger partial charge in [-0.05, 0) is 0 Å². The molecule has 4 heteroatoms. The summed E-state index contributed by atoms with van der Waals surface area (Å²) in [6.45, 7) is 0. The highest BCUT2D eigenvalue weighted by molar-refractivity contribution is 7.85. The summed E-state index contributed by atoms with van der Waals surface area (Å²) in [5, 5.41) is 17.8. The fourth-order valence-electron chi connectivity index (χ4n) is 0.947. The lowest BCUT2D eigenvalue weighted by atomic mass is 10.2. The van der Waals surface area contributed by atoms with Crippen LogP contribution in [0, 0.1) is 0 Å². The van der Waals surface area contributed by atoms with Crippen LogP contribution in [0.15, 0.2) is 0 Å². The summed E-state index contributed by atoms with van der Waals surface area (Å²) in [6.07, 6.45) is -0.740. The van der Waals surface area contributed by atoms with Crippen LogP contribution in [0.3, 0.4) is 0 Å². The summed E-state index contributed by atoms with van der Waals surface area (Å²) in [6, 6.07) is 0. The molecule has 1 aliphatic rings. The molecule has 0 aliphatic carbocycles. The zero-order valence-electron chi connectivity index (χ0n) is 4.99. The molecule has 2 unspecified atom stereocenters. The van der Waals surface area contributed by atoms with Crippen molar-refractivity contribution in [3.8, 4) is 0 Å². The third-order valence-corrected chi connectivity index (χ3v) is 2.81. The van der Waals surface area contributed by atoms with Crippen molar-refractivity contribution >= 4 is 10.8 Å². The maximum Gasteiger partial charge on any atom is 0.0680 e. The molecule has 1 heterocycles. The molecule has 0 bridgehead atoms. The monoisotopic (exact) mass is 150 g/mol. The van der Waals surface area contributed by atoms with Crippen LogP contribution in [-0.2, 0) is 10.8 Å². The van der Waals surface area contributed by atoms with E-state index in [1.165, 1.54) is 0 Å². The first-order valence-corrected chi connectivity index (χ1v) is 4.38. The third-order valence-electron chi connectivity index (χ3n) is 1.30. The molecule has 0 aromatic rings. The van der Waals surface area contributed by atoms with Crippen molar-refractivity contribution in [2.45, 2.75) is 18.6 Å². The first kappa shape index (κ1) is 7.18. The van der Waals surface area contributed by atoms with E-state index in [9.17, 15) is 4.21 Å². The van der Waals surface area contributed by atoms with Gasteiger partial charge in [0.25, 0.3) is 0 Å². The molecule has 0 aromatic carbocycles. The molecule has 0 spiro atoms. The van der Waals surface area contributed by atoms with Gasteiger partial charge in [0, 0.05) is 28.7 Å². The van der Waals surface area contributed by atoms with E-state index < -0.39 is 23.0 Å². The number of hydrogen-bond donors (Lipinski definition) is 2. The van der Waals surface area contributed by atoms with Gasteiger partial charge in [-0.25, -0.2) is 0 Å². The highest BCUT2D eigenvalue weighted by Gasteiger charge is 2.22. The van der Waals surface area contributed by atoms with Crippen molar-refractivity contribution in [3.63, 3.8) is 0 Å². The Bertz CT molecular complexity index is 113. The van der Waals surface area contributed by atoms with Crippen molar-refractivity contribution in [1.29, 1.82) is 0 Å². The van der Waals surface area contributed by atoms with Crippen molar-refractivity contribution in [1.82, 2.24) is 0 Å². The molecule has 0 saturated carbocycles. The van der Waals surface area contributed by atoms with Crippen LogP contribution in [-0.4, -0.2) is 38.1 Å². The molecular weight excluding hydrogens is 140 g/mol. The molecule has 9 heavy (non-hydrogen) atoms. The topological polar surface area (TPSA) is 57.5 Å². The van der Waals surface area contributed by atoms with Gasteiger partial charge >= 0.3 is 0 Å². The van der Waals surface area contributed by atoms with E-state index in [-0.39, 0.29) is 0 Å². The number of aliphatic hydroxyl groups is 2. The second-order valence-corrected chi connectivity index (χ2v) is 3.86. The Labute approximate surface area is 56.2 Å². The van der Waals surface area contributed by atoms with Crippen LogP contribution in [0.5, 0.6) is 0 Å². The average molecular weight is 150 g/mol. The first-order valence-electron chi connectivity index (χ1n) is 2.89. The Morgan fingerprint density at radius 3 is 2.00 bits per heavy atom. The predicted molar refractivity (Wildman–Crippen MR) is 34.5 cm³/mol. The van der Waals surface area contributed by atoms with Gasteiger partial charge in [0.2, 0.25) is 0 Å². The van der Waals surface area contributed by atoms with E-state index in [1.807, 2.05) is 0 Å². The molecule has 0 radical (unpaired) electrons. The summed E-state index contributed by atoms with van der Waals surface area (Å²) in [4.78, 5) is 0. The Hall–Kier alpha value is 0.0700. The number of rotatable bonds is 0. The Balaban J connectivity index is 2.43. The van der Waals surface area contributed by atoms with Gasteiger partial charge < -0.3 is 10.2 Å². The zero-order chi connectivity index (χ0) is 6.85. The van der Waals surface area contributed by atoms with Crippen molar-refractivity contribution in [3.05, 3.63) is 0 Å². The van der Waals surface area contributed by atoms with Crippen molar-refractivity contribution in [2.75, 3.05) is 11.5 Å². The van der Waals surface area contributed by atoms with Gasteiger partial charge in [-0.15, -0.1) is 0 Å². The van der Waals surface area contributed by atoms with E-state index in [4.69, 9.17) is 10.2 Å². The highest BCUT2D eigenvalue weighted by Crippen LogP contribution is 2.08. The van der Waals surface area contributed by atoms with E-state index >= 15 is 0 Å². The van der Waals surface area contributed by atoms with Gasteiger partial charge in [-0.3, -0.25) is 4.21 Å². The van der Waals surface area contributed by atoms with Crippen LogP contribution < -0.4 is 0 Å². The molecule has 2 N–H and O–H groups in total. The minimum atomic E-state index is -1.00. The summed E-state index contributed by atoms with van der Waals surface area (Å²) in [7, 11) is -1.00. The summed E-state index contributed by atoms with van der Waals surface area (Å²) in [5.41, 5.74) is 0. The molecule has 2 atom stereocenters. The van der Waals surface area contributed by atoms with Crippen molar-refractivity contribution in [2.24, 2.45) is 0 Å². The molecular formula is C5H10O3S. The lowest BCUT2D eigenvalue weighted by Crippen LogP contribution is -2.34. The van der Waals surface area contributed by atoms with Gasteiger partial charge in [0.05, 0.1) is 12.2 Å². The normalized spacial score (nSPS) is 44.9. The molecule has 0 amide bonds. The standard InChI is InChI=1S/C5H10O3S/c6-4-1-5(7)3-9(8)2-4/h4-7H,1-3H2. The lowest BCUT2D eigenvalue weighted by molar-refractivity contribution is 0.0988. The van der Waals surface area contributed by atoms with Gasteiger partial charge in [0.1, 0.15) is 0 Å². The average Bonchev–Trinajstić information content (AvgIpc) is 1.59. The largest absolute Gasteiger partial charge is 0.392 e. The minimum absolute atomic E-state index is 0.330. The molecule has 1 rings (SSSR count). The maximum atomic E-state index is 10.7. The maximum absolute atomic E-state index is 10.7. The fourth-order valence-corrected chi connectivity index (χ4v) is 2.21. The third kappa shape index (κ3) is 2.04. The SMILES string of the molecule is O=S1CC(O)CC(O)C1. The van der Waals surface area contributed by atoms with E-state index in [0.29, 0.717) is 17.9 Å². The quantitative estimate of drug-likeness (QED) is 0.459. The lowest BCUT2D eigenvalue weighted by Gasteiger charge is -2.20. The molecule has 54 valence electrons. The smallest absolute Gasteiger partial charge is 0.0680 e. The highest BCUT2D eigenvalue weighted by atomic mass is 32.2. The van der Waals surface area contributed by atoms with Gasteiger partial charge in [0.15, 0.2) is 0 Å². The van der Waals surface area contributed by atoms with Crippen LogP contribution in [0.1, 0.15) is 6.42 Å². The van der Waals surface area contributed by atoms with Crippen molar-refractivity contribution < 1.29 is 14.4 Å². The molecule has 3 nitrogen and oxygen atoms in total. The second kappa shape index (κ2) is 2.77. The van der Waals surface area contributed by atoms with Gasteiger partial charge in [-0.1, -0.05) is 0 Å². The zero-order valence-corrected chi connectivity index (χ0v) is 5.80. The van der Waals surface area contributed by atoms with Gasteiger partial charge in [-0.2, -0.15) is 0 Å². The van der Waals surface area contributed by atoms with Crippen LogP contribution in [0.4, 0.5) is 0 Å². The van der Waals surface area contributed by atoms with Crippen LogP contribution >= 0.6 is 0 Å². The minimum Gasteiger partial charge on any atom is -0.392 e. The molecule has 1 saturated heterocycles. The Morgan fingerprint density at radius 1 is 1.22 bits per heavy atom.